The minimum atomic E-state index is 0. The van der Waals surface area contributed by atoms with Crippen LogP contribution in [0, 0.1) is 5.92 Å². The van der Waals surface area contributed by atoms with Gasteiger partial charge in [-0.1, -0.05) is 26.0 Å². The van der Waals surface area contributed by atoms with E-state index in [0.29, 0.717) is 0 Å². The van der Waals surface area contributed by atoms with Crippen LogP contribution in [0.5, 0.6) is 5.75 Å². The second-order valence-corrected chi connectivity index (χ2v) is 4.44. The zero-order valence-electron chi connectivity index (χ0n) is 11.0. The van der Waals surface area contributed by atoms with Crippen molar-refractivity contribution in [2.75, 3.05) is 13.2 Å². The molecule has 0 aliphatic carbocycles. The normalized spacial score (nSPS) is 10.1. The highest BCUT2D eigenvalue weighted by Crippen LogP contribution is 2.11. The number of benzene rings is 1. The highest BCUT2D eigenvalue weighted by atomic mass is 35.5. The fourth-order valence-corrected chi connectivity index (χ4v) is 1.49. The monoisotopic (exact) mass is 257 g/mol. The standard InChI is InChI=1S/C14H23NO.ClH/c1-4-16-14-7-5-13(6-8-14)11-15-10-9-12(2)3;/h5-8,12,15H,4,9-11H2,1-3H3;1H. The summed E-state index contributed by atoms with van der Waals surface area (Å²) in [5.41, 5.74) is 1.31. The Morgan fingerprint density at radius 1 is 1.18 bits per heavy atom. The zero-order chi connectivity index (χ0) is 11.8. The Bertz CT molecular complexity index is 285. The molecule has 0 saturated heterocycles. The van der Waals surface area contributed by atoms with Crippen LogP contribution in [0.3, 0.4) is 0 Å². The molecule has 1 aromatic rings. The average molecular weight is 258 g/mol. The van der Waals surface area contributed by atoms with E-state index in [4.69, 9.17) is 4.74 Å². The Balaban J connectivity index is 0.00000256. The Morgan fingerprint density at radius 2 is 1.82 bits per heavy atom. The van der Waals surface area contributed by atoms with Crippen LogP contribution in [0.4, 0.5) is 0 Å². The molecule has 2 nitrogen and oxygen atoms in total. The molecule has 0 aliphatic heterocycles. The maximum absolute atomic E-state index is 5.40. The lowest BCUT2D eigenvalue weighted by molar-refractivity contribution is 0.340. The van der Waals surface area contributed by atoms with Crippen LogP contribution in [0.2, 0.25) is 0 Å². The van der Waals surface area contributed by atoms with Gasteiger partial charge in [0.15, 0.2) is 0 Å². The van der Waals surface area contributed by atoms with E-state index in [9.17, 15) is 0 Å². The molecule has 0 spiro atoms. The topological polar surface area (TPSA) is 21.3 Å². The van der Waals surface area contributed by atoms with Crippen molar-refractivity contribution in [3.8, 4) is 5.75 Å². The predicted octanol–water partition coefficient (Wildman–Crippen LogP) is 3.64. The van der Waals surface area contributed by atoms with E-state index in [1.54, 1.807) is 0 Å². The molecule has 0 aromatic heterocycles. The number of nitrogens with one attached hydrogen (secondary N) is 1. The quantitative estimate of drug-likeness (QED) is 0.753. The van der Waals surface area contributed by atoms with Crippen LogP contribution < -0.4 is 10.1 Å². The summed E-state index contributed by atoms with van der Waals surface area (Å²) in [5, 5.41) is 3.44. The van der Waals surface area contributed by atoms with Crippen molar-refractivity contribution in [2.24, 2.45) is 5.92 Å². The molecule has 0 bridgehead atoms. The number of hydrogen-bond acceptors (Lipinski definition) is 2. The van der Waals surface area contributed by atoms with Gasteiger partial charge >= 0.3 is 0 Å². The van der Waals surface area contributed by atoms with E-state index in [1.165, 1.54) is 12.0 Å². The van der Waals surface area contributed by atoms with Gasteiger partial charge in [0.2, 0.25) is 0 Å². The van der Waals surface area contributed by atoms with Crippen molar-refractivity contribution in [1.82, 2.24) is 5.32 Å². The fraction of sp³-hybridized carbons (Fsp3) is 0.571. The second-order valence-electron chi connectivity index (χ2n) is 4.44. The molecule has 0 amide bonds. The molecule has 1 rings (SSSR count). The van der Waals surface area contributed by atoms with E-state index >= 15 is 0 Å². The molecule has 17 heavy (non-hydrogen) atoms. The van der Waals surface area contributed by atoms with Crippen LogP contribution in [-0.4, -0.2) is 13.2 Å². The van der Waals surface area contributed by atoms with Gasteiger partial charge in [0.25, 0.3) is 0 Å². The van der Waals surface area contributed by atoms with Gasteiger partial charge in [-0.25, -0.2) is 0 Å². The maximum atomic E-state index is 5.40. The summed E-state index contributed by atoms with van der Waals surface area (Å²) in [6.07, 6.45) is 1.23. The van der Waals surface area contributed by atoms with Gasteiger partial charge in [-0.3, -0.25) is 0 Å². The zero-order valence-corrected chi connectivity index (χ0v) is 11.8. The molecule has 1 N–H and O–H groups in total. The van der Waals surface area contributed by atoms with Crippen molar-refractivity contribution < 1.29 is 4.74 Å². The van der Waals surface area contributed by atoms with Crippen molar-refractivity contribution in [3.05, 3.63) is 29.8 Å². The van der Waals surface area contributed by atoms with Crippen LogP contribution in [0.15, 0.2) is 24.3 Å². The van der Waals surface area contributed by atoms with Crippen molar-refractivity contribution in [3.63, 3.8) is 0 Å². The van der Waals surface area contributed by atoms with Gasteiger partial charge in [-0.2, -0.15) is 0 Å². The molecular weight excluding hydrogens is 234 g/mol. The second kappa shape index (κ2) is 9.32. The average Bonchev–Trinajstić information content (AvgIpc) is 2.27. The summed E-state index contributed by atoms with van der Waals surface area (Å²) in [5.74, 6) is 1.72. The third-order valence-electron chi connectivity index (χ3n) is 2.46. The molecule has 98 valence electrons. The van der Waals surface area contributed by atoms with Crippen molar-refractivity contribution in [2.45, 2.75) is 33.7 Å². The first-order valence-corrected chi connectivity index (χ1v) is 6.14. The van der Waals surface area contributed by atoms with E-state index in [-0.39, 0.29) is 12.4 Å². The largest absolute Gasteiger partial charge is 0.494 e. The summed E-state index contributed by atoms with van der Waals surface area (Å²) in [4.78, 5) is 0. The highest BCUT2D eigenvalue weighted by molar-refractivity contribution is 5.85. The van der Waals surface area contributed by atoms with Gasteiger partial charge in [0.1, 0.15) is 5.75 Å². The third-order valence-corrected chi connectivity index (χ3v) is 2.46. The molecule has 1 aromatic carbocycles. The Morgan fingerprint density at radius 3 is 2.35 bits per heavy atom. The Labute approximate surface area is 111 Å². The van der Waals surface area contributed by atoms with Gasteiger partial charge in [-0.15, -0.1) is 12.4 Å². The predicted molar refractivity (Wildman–Crippen MR) is 76.0 cm³/mol. The summed E-state index contributed by atoms with van der Waals surface area (Å²) in [6.45, 7) is 9.26. The lowest BCUT2D eigenvalue weighted by Gasteiger charge is -2.08. The van der Waals surface area contributed by atoms with Crippen LogP contribution in [0.25, 0.3) is 0 Å². The molecule has 0 heterocycles. The molecule has 0 unspecified atom stereocenters. The van der Waals surface area contributed by atoms with Gasteiger partial charge in [-0.05, 0) is 43.5 Å². The minimum Gasteiger partial charge on any atom is -0.494 e. The number of ether oxygens (including phenoxy) is 1. The van der Waals surface area contributed by atoms with Crippen molar-refractivity contribution in [1.29, 1.82) is 0 Å². The first kappa shape index (κ1) is 16.3. The molecule has 0 saturated carbocycles. The molecule has 3 heteroatoms. The minimum absolute atomic E-state index is 0. The lowest BCUT2D eigenvalue weighted by atomic mass is 10.1. The molecule has 0 atom stereocenters. The molecular formula is C14H24ClNO. The van der Waals surface area contributed by atoms with Crippen LogP contribution >= 0.6 is 12.4 Å². The van der Waals surface area contributed by atoms with E-state index < -0.39 is 0 Å². The summed E-state index contributed by atoms with van der Waals surface area (Å²) >= 11 is 0. The number of halogens is 1. The Hall–Kier alpha value is -0.730. The number of hydrogen-bond donors (Lipinski definition) is 1. The first-order valence-electron chi connectivity index (χ1n) is 6.14. The van der Waals surface area contributed by atoms with Gasteiger partial charge < -0.3 is 10.1 Å². The third kappa shape index (κ3) is 7.24. The van der Waals surface area contributed by atoms with Crippen LogP contribution in [-0.2, 0) is 6.54 Å². The number of rotatable bonds is 7. The van der Waals surface area contributed by atoms with Crippen molar-refractivity contribution >= 4 is 12.4 Å². The highest BCUT2D eigenvalue weighted by Gasteiger charge is 1.96. The van der Waals surface area contributed by atoms with Gasteiger partial charge in [0.05, 0.1) is 6.61 Å². The summed E-state index contributed by atoms with van der Waals surface area (Å²) < 4.78 is 5.40. The maximum Gasteiger partial charge on any atom is 0.119 e. The summed E-state index contributed by atoms with van der Waals surface area (Å²) in [7, 11) is 0. The molecule has 0 aliphatic rings. The fourth-order valence-electron chi connectivity index (χ4n) is 1.49. The lowest BCUT2D eigenvalue weighted by Crippen LogP contribution is -2.16. The van der Waals surface area contributed by atoms with Gasteiger partial charge in [0, 0.05) is 6.54 Å². The van der Waals surface area contributed by atoms with E-state index in [1.807, 2.05) is 19.1 Å². The van der Waals surface area contributed by atoms with E-state index in [2.05, 4.69) is 31.3 Å². The van der Waals surface area contributed by atoms with E-state index in [0.717, 1.165) is 31.4 Å². The summed E-state index contributed by atoms with van der Waals surface area (Å²) in [6, 6.07) is 8.30. The molecule has 0 fully saturated rings. The smallest absolute Gasteiger partial charge is 0.119 e. The Kier molecular flexibility index (Phi) is 8.92. The van der Waals surface area contributed by atoms with Crippen LogP contribution in [0.1, 0.15) is 32.8 Å². The first-order chi connectivity index (χ1) is 7.72. The SMILES string of the molecule is CCOc1ccc(CNCCC(C)C)cc1.Cl. The molecule has 0 radical (unpaired) electrons.